The summed E-state index contributed by atoms with van der Waals surface area (Å²) in [4.78, 5) is 12.6. The summed E-state index contributed by atoms with van der Waals surface area (Å²) in [5.74, 6) is 6.53. The van der Waals surface area contributed by atoms with Gasteiger partial charge < -0.3 is 4.74 Å². The van der Waals surface area contributed by atoms with Crippen molar-refractivity contribution in [3.05, 3.63) is 11.1 Å². The molecule has 8 atom stereocenters. The van der Waals surface area contributed by atoms with Gasteiger partial charge in [-0.3, -0.25) is 4.79 Å². The molecule has 2 heteroatoms. The molecule has 6 bridgehead atoms. The molecule has 112 valence electrons. The van der Waals surface area contributed by atoms with E-state index in [2.05, 4.69) is 0 Å². The molecule has 8 unspecified atom stereocenters. The number of allylic oxidation sites excluding steroid dienone is 1. The van der Waals surface area contributed by atoms with Crippen LogP contribution >= 0.6 is 0 Å². The van der Waals surface area contributed by atoms with Crippen molar-refractivity contribution in [2.24, 2.45) is 46.8 Å². The van der Waals surface area contributed by atoms with Crippen molar-refractivity contribution in [2.45, 2.75) is 44.9 Å². The van der Waals surface area contributed by atoms with Crippen LogP contribution in [0.4, 0.5) is 0 Å². The molecule has 0 aromatic heterocycles. The molecule has 0 radical (unpaired) electrons. The SMILES string of the molecule is COC(=O)C12CCC(C1)C1C2=C2CC1C1C3CCC(C3)C21. The topological polar surface area (TPSA) is 26.3 Å². The van der Waals surface area contributed by atoms with E-state index >= 15 is 0 Å². The van der Waals surface area contributed by atoms with E-state index in [4.69, 9.17) is 4.74 Å². The van der Waals surface area contributed by atoms with Gasteiger partial charge in [-0.2, -0.15) is 0 Å². The number of hydrogen-bond donors (Lipinski definition) is 0. The molecule has 21 heavy (non-hydrogen) atoms. The van der Waals surface area contributed by atoms with Crippen LogP contribution in [0.15, 0.2) is 11.1 Å². The minimum absolute atomic E-state index is 0.0993. The van der Waals surface area contributed by atoms with Gasteiger partial charge in [-0.1, -0.05) is 5.57 Å². The normalized spacial score (nSPS) is 58.0. The van der Waals surface area contributed by atoms with Gasteiger partial charge >= 0.3 is 5.97 Å². The third-order valence-electron chi connectivity index (χ3n) is 8.63. The molecule has 0 aliphatic heterocycles. The van der Waals surface area contributed by atoms with E-state index in [1.54, 1.807) is 18.3 Å². The second kappa shape index (κ2) is 3.41. The molecular weight excluding hydrogens is 260 g/mol. The summed E-state index contributed by atoms with van der Waals surface area (Å²) in [5, 5.41) is 0. The first kappa shape index (κ1) is 11.7. The molecule has 0 saturated heterocycles. The van der Waals surface area contributed by atoms with Gasteiger partial charge in [0, 0.05) is 0 Å². The maximum atomic E-state index is 12.6. The number of rotatable bonds is 1. The molecule has 0 heterocycles. The molecule has 0 amide bonds. The number of carbonyl (C=O) groups is 1. The van der Waals surface area contributed by atoms with Crippen molar-refractivity contribution in [3.63, 3.8) is 0 Å². The van der Waals surface area contributed by atoms with Crippen molar-refractivity contribution < 1.29 is 9.53 Å². The van der Waals surface area contributed by atoms with Crippen LogP contribution in [0.2, 0.25) is 0 Å². The highest BCUT2D eigenvalue weighted by atomic mass is 16.5. The summed E-state index contributed by atoms with van der Waals surface area (Å²) < 4.78 is 5.27. The Kier molecular flexibility index (Phi) is 1.91. The lowest BCUT2D eigenvalue weighted by Crippen LogP contribution is -2.38. The third-order valence-corrected chi connectivity index (χ3v) is 8.63. The van der Waals surface area contributed by atoms with E-state index in [9.17, 15) is 4.79 Å². The fraction of sp³-hybridized carbons (Fsp3) is 0.842. The molecule has 5 fully saturated rings. The molecule has 6 aliphatic carbocycles. The van der Waals surface area contributed by atoms with Gasteiger partial charge in [0.1, 0.15) is 0 Å². The minimum Gasteiger partial charge on any atom is -0.468 e. The lowest BCUT2D eigenvalue weighted by atomic mass is 9.62. The summed E-state index contributed by atoms with van der Waals surface area (Å²) in [5.41, 5.74) is 3.26. The number of fused-ring (bicyclic) bond motifs is 15. The molecular formula is C19H24O2. The highest BCUT2D eigenvalue weighted by Gasteiger charge is 2.70. The van der Waals surface area contributed by atoms with Gasteiger partial charge in [0.25, 0.3) is 0 Å². The predicted molar refractivity (Wildman–Crippen MR) is 78.2 cm³/mol. The zero-order valence-electron chi connectivity index (χ0n) is 12.8. The first-order valence-corrected chi connectivity index (χ1v) is 9.06. The van der Waals surface area contributed by atoms with Crippen molar-refractivity contribution in [2.75, 3.05) is 7.11 Å². The van der Waals surface area contributed by atoms with Gasteiger partial charge in [0.15, 0.2) is 0 Å². The molecule has 6 rings (SSSR count). The molecule has 0 spiro atoms. The Morgan fingerprint density at radius 3 is 2.86 bits per heavy atom. The molecule has 0 N–H and O–H groups in total. The van der Waals surface area contributed by atoms with Gasteiger partial charge in [0.2, 0.25) is 0 Å². The average Bonchev–Trinajstić information content (AvgIpc) is 3.31. The Morgan fingerprint density at radius 1 is 1.14 bits per heavy atom. The highest BCUT2D eigenvalue weighted by molar-refractivity contribution is 5.83. The number of ether oxygens (including phenoxy) is 1. The van der Waals surface area contributed by atoms with Crippen LogP contribution in [0, 0.1) is 46.8 Å². The number of carbonyl (C=O) groups excluding carboxylic acids is 1. The quantitative estimate of drug-likeness (QED) is 0.418. The van der Waals surface area contributed by atoms with Crippen molar-refractivity contribution >= 4 is 5.97 Å². The van der Waals surface area contributed by atoms with Gasteiger partial charge in [-0.15, -0.1) is 0 Å². The van der Waals surface area contributed by atoms with Crippen LogP contribution in [-0.4, -0.2) is 13.1 Å². The van der Waals surface area contributed by atoms with Crippen molar-refractivity contribution in [1.82, 2.24) is 0 Å². The Labute approximate surface area is 126 Å². The van der Waals surface area contributed by atoms with Gasteiger partial charge in [0.05, 0.1) is 12.5 Å². The van der Waals surface area contributed by atoms with E-state index < -0.39 is 0 Å². The Bertz CT molecular complexity index is 590. The van der Waals surface area contributed by atoms with E-state index in [0.29, 0.717) is 0 Å². The molecule has 2 nitrogen and oxygen atoms in total. The largest absolute Gasteiger partial charge is 0.468 e. The molecule has 0 aromatic carbocycles. The van der Waals surface area contributed by atoms with Crippen LogP contribution < -0.4 is 0 Å². The summed E-state index contributed by atoms with van der Waals surface area (Å²) in [6, 6.07) is 0. The van der Waals surface area contributed by atoms with E-state index in [1.165, 1.54) is 32.1 Å². The first-order chi connectivity index (χ1) is 10.2. The number of methoxy groups -OCH3 is 1. The number of esters is 1. The van der Waals surface area contributed by atoms with Crippen LogP contribution in [0.25, 0.3) is 0 Å². The zero-order chi connectivity index (χ0) is 13.9. The lowest BCUT2D eigenvalue weighted by molar-refractivity contribution is -0.150. The standard InChI is InChI=1S/C19H24O2/c1-21-18(20)19-5-4-11(8-19)16-12-7-13(17(16)19)15-10-3-2-9(6-10)14(12)15/h9-12,14-16H,2-8H2,1H3. The summed E-state index contributed by atoms with van der Waals surface area (Å²) >= 11 is 0. The monoisotopic (exact) mass is 284 g/mol. The van der Waals surface area contributed by atoms with Crippen molar-refractivity contribution in [1.29, 1.82) is 0 Å². The maximum absolute atomic E-state index is 12.6. The maximum Gasteiger partial charge on any atom is 0.315 e. The molecule has 5 saturated carbocycles. The van der Waals surface area contributed by atoms with E-state index in [-0.39, 0.29) is 11.4 Å². The van der Waals surface area contributed by atoms with Crippen LogP contribution in [-0.2, 0) is 9.53 Å². The Hall–Kier alpha value is -0.790. The van der Waals surface area contributed by atoms with Gasteiger partial charge in [-0.05, 0) is 91.9 Å². The average molecular weight is 284 g/mol. The smallest absolute Gasteiger partial charge is 0.315 e. The summed E-state index contributed by atoms with van der Waals surface area (Å²) in [7, 11) is 1.59. The number of hydrogen-bond acceptors (Lipinski definition) is 2. The van der Waals surface area contributed by atoms with Crippen LogP contribution in [0.3, 0.4) is 0 Å². The fourth-order valence-corrected chi connectivity index (χ4v) is 8.42. The predicted octanol–water partition coefficient (Wildman–Crippen LogP) is 3.57. The van der Waals surface area contributed by atoms with E-state index in [1.807, 2.05) is 0 Å². The second-order valence-corrected chi connectivity index (χ2v) is 8.85. The molecule has 0 aromatic rings. The van der Waals surface area contributed by atoms with Crippen LogP contribution in [0.5, 0.6) is 0 Å². The molecule has 6 aliphatic rings. The summed E-state index contributed by atoms with van der Waals surface area (Å²) in [6.45, 7) is 0. The Balaban J connectivity index is 1.54. The minimum atomic E-state index is -0.166. The lowest BCUT2D eigenvalue weighted by Gasteiger charge is -2.42. The van der Waals surface area contributed by atoms with Crippen molar-refractivity contribution in [3.8, 4) is 0 Å². The highest BCUT2D eigenvalue weighted by Crippen LogP contribution is 2.76. The zero-order valence-corrected chi connectivity index (χ0v) is 12.8. The first-order valence-electron chi connectivity index (χ1n) is 9.06. The fourth-order valence-electron chi connectivity index (χ4n) is 8.42. The van der Waals surface area contributed by atoms with E-state index in [0.717, 1.165) is 54.3 Å². The Morgan fingerprint density at radius 2 is 2.00 bits per heavy atom. The second-order valence-electron chi connectivity index (χ2n) is 8.85. The summed E-state index contributed by atoms with van der Waals surface area (Å²) in [6.07, 6.45) is 9.31. The third kappa shape index (κ3) is 1.06. The van der Waals surface area contributed by atoms with Crippen LogP contribution in [0.1, 0.15) is 44.9 Å². The van der Waals surface area contributed by atoms with Gasteiger partial charge in [-0.25, -0.2) is 0 Å².